The van der Waals surface area contributed by atoms with Gasteiger partial charge >= 0.3 is 0 Å². The van der Waals surface area contributed by atoms with Crippen molar-refractivity contribution in [2.24, 2.45) is 0 Å². The standard InChI is InChI=1S/C10H6ClN3O/c11-5-1-2-8-6(3-5)7-4-12-14-10(15)9(7)13-8/h1-4,13H,(H,14,15). The summed E-state index contributed by atoms with van der Waals surface area (Å²) in [5.74, 6) is 0. The SMILES string of the molecule is O=c1[nH]ncc2c1[nH]c1ccc(Cl)cc12. The maximum Gasteiger partial charge on any atom is 0.288 e. The zero-order chi connectivity index (χ0) is 10.4. The number of aromatic nitrogens is 3. The average molecular weight is 220 g/mol. The number of benzene rings is 1. The third kappa shape index (κ3) is 1.15. The summed E-state index contributed by atoms with van der Waals surface area (Å²) in [5, 5.41) is 8.49. The third-order valence-electron chi connectivity index (χ3n) is 2.39. The van der Waals surface area contributed by atoms with Crippen molar-refractivity contribution in [3.05, 3.63) is 39.8 Å². The fraction of sp³-hybridized carbons (Fsp3) is 0. The topological polar surface area (TPSA) is 61.5 Å². The smallest absolute Gasteiger partial charge is 0.288 e. The first-order valence-corrected chi connectivity index (χ1v) is 4.78. The molecule has 2 N–H and O–H groups in total. The van der Waals surface area contributed by atoms with Gasteiger partial charge in [0.05, 0.1) is 6.20 Å². The van der Waals surface area contributed by atoms with E-state index in [-0.39, 0.29) is 5.56 Å². The summed E-state index contributed by atoms with van der Waals surface area (Å²) in [4.78, 5) is 14.5. The number of halogens is 1. The van der Waals surface area contributed by atoms with Crippen LogP contribution in [-0.2, 0) is 0 Å². The molecule has 0 aliphatic rings. The van der Waals surface area contributed by atoms with E-state index in [0.29, 0.717) is 10.5 Å². The van der Waals surface area contributed by atoms with Gasteiger partial charge in [0.2, 0.25) is 0 Å². The quantitative estimate of drug-likeness (QED) is 0.608. The van der Waals surface area contributed by atoms with Crippen LogP contribution in [0.5, 0.6) is 0 Å². The van der Waals surface area contributed by atoms with E-state index in [4.69, 9.17) is 11.6 Å². The Kier molecular flexibility index (Phi) is 1.61. The predicted octanol–water partition coefficient (Wildman–Crippen LogP) is 2.06. The monoisotopic (exact) mass is 219 g/mol. The van der Waals surface area contributed by atoms with Crippen molar-refractivity contribution in [2.45, 2.75) is 0 Å². The Bertz CT molecular complexity index is 713. The van der Waals surface area contributed by atoms with Crippen molar-refractivity contribution in [1.82, 2.24) is 15.2 Å². The molecule has 0 saturated carbocycles. The molecule has 0 bridgehead atoms. The van der Waals surface area contributed by atoms with Gasteiger partial charge < -0.3 is 4.98 Å². The van der Waals surface area contributed by atoms with Crippen molar-refractivity contribution < 1.29 is 0 Å². The Morgan fingerprint density at radius 1 is 1.27 bits per heavy atom. The number of H-pyrrole nitrogens is 2. The Hall–Kier alpha value is -1.81. The lowest BCUT2D eigenvalue weighted by Crippen LogP contribution is -2.06. The van der Waals surface area contributed by atoms with Crippen LogP contribution in [-0.4, -0.2) is 15.2 Å². The summed E-state index contributed by atoms with van der Waals surface area (Å²) in [6.45, 7) is 0. The Balaban J connectivity index is 2.64. The second-order valence-corrected chi connectivity index (χ2v) is 3.74. The largest absolute Gasteiger partial charge is 0.350 e. The maximum atomic E-state index is 11.5. The van der Waals surface area contributed by atoms with Crippen molar-refractivity contribution in [3.63, 3.8) is 0 Å². The van der Waals surface area contributed by atoms with Crippen LogP contribution in [0.25, 0.3) is 21.8 Å². The van der Waals surface area contributed by atoms with Gasteiger partial charge in [-0.05, 0) is 18.2 Å². The summed E-state index contributed by atoms with van der Waals surface area (Å²) >= 11 is 5.90. The van der Waals surface area contributed by atoms with Crippen molar-refractivity contribution in [2.75, 3.05) is 0 Å². The van der Waals surface area contributed by atoms with Crippen LogP contribution in [0.4, 0.5) is 0 Å². The molecule has 3 rings (SSSR count). The number of aromatic amines is 2. The zero-order valence-electron chi connectivity index (χ0n) is 7.54. The van der Waals surface area contributed by atoms with Gasteiger partial charge in [-0.3, -0.25) is 4.79 Å². The number of rotatable bonds is 0. The second-order valence-electron chi connectivity index (χ2n) is 3.30. The molecule has 0 radical (unpaired) electrons. The van der Waals surface area contributed by atoms with Gasteiger partial charge in [0.25, 0.3) is 5.56 Å². The van der Waals surface area contributed by atoms with Crippen LogP contribution >= 0.6 is 11.6 Å². The maximum absolute atomic E-state index is 11.5. The van der Waals surface area contributed by atoms with Gasteiger partial charge in [-0.25, -0.2) is 5.10 Å². The minimum Gasteiger partial charge on any atom is -0.350 e. The van der Waals surface area contributed by atoms with E-state index < -0.39 is 0 Å². The predicted molar refractivity (Wildman–Crippen MR) is 59.2 cm³/mol. The first-order chi connectivity index (χ1) is 7.25. The number of fused-ring (bicyclic) bond motifs is 3. The lowest BCUT2D eigenvalue weighted by atomic mass is 10.2. The molecule has 15 heavy (non-hydrogen) atoms. The number of nitrogens with one attached hydrogen (secondary N) is 2. The Morgan fingerprint density at radius 3 is 3.00 bits per heavy atom. The molecule has 0 amide bonds. The molecule has 2 aromatic heterocycles. The minimum atomic E-state index is -0.222. The molecule has 1 aromatic carbocycles. The van der Waals surface area contributed by atoms with Crippen LogP contribution in [0.3, 0.4) is 0 Å². The second kappa shape index (κ2) is 2.84. The molecule has 0 aliphatic heterocycles. The molecule has 0 fully saturated rings. The fourth-order valence-electron chi connectivity index (χ4n) is 1.71. The molecule has 4 nitrogen and oxygen atoms in total. The van der Waals surface area contributed by atoms with E-state index in [1.165, 1.54) is 0 Å². The molecule has 0 aliphatic carbocycles. The molecule has 74 valence electrons. The van der Waals surface area contributed by atoms with Crippen molar-refractivity contribution >= 4 is 33.4 Å². The molecular weight excluding hydrogens is 214 g/mol. The average Bonchev–Trinajstić information content (AvgIpc) is 2.58. The van der Waals surface area contributed by atoms with Crippen LogP contribution in [0.15, 0.2) is 29.2 Å². The van der Waals surface area contributed by atoms with Gasteiger partial charge in [0.1, 0.15) is 5.52 Å². The van der Waals surface area contributed by atoms with E-state index in [1.54, 1.807) is 12.3 Å². The Morgan fingerprint density at radius 2 is 2.13 bits per heavy atom. The van der Waals surface area contributed by atoms with Crippen LogP contribution < -0.4 is 5.56 Å². The lowest BCUT2D eigenvalue weighted by molar-refractivity contribution is 1.01. The van der Waals surface area contributed by atoms with E-state index in [1.807, 2.05) is 12.1 Å². The summed E-state index contributed by atoms with van der Waals surface area (Å²) in [6, 6.07) is 5.44. The summed E-state index contributed by atoms with van der Waals surface area (Å²) < 4.78 is 0. The van der Waals surface area contributed by atoms with E-state index in [0.717, 1.165) is 16.3 Å². The number of nitrogens with zero attached hydrogens (tertiary/aromatic N) is 1. The van der Waals surface area contributed by atoms with Crippen molar-refractivity contribution in [3.8, 4) is 0 Å². The number of hydrogen-bond acceptors (Lipinski definition) is 2. The molecule has 0 atom stereocenters. The summed E-state index contributed by atoms with van der Waals surface area (Å²) in [7, 11) is 0. The van der Waals surface area contributed by atoms with Gasteiger partial charge in [-0.15, -0.1) is 0 Å². The molecule has 3 aromatic rings. The number of hydrogen-bond donors (Lipinski definition) is 2. The van der Waals surface area contributed by atoms with Gasteiger partial charge in [-0.1, -0.05) is 11.6 Å². The van der Waals surface area contributed by atoms with Gasteiger partial charge in [-0.2, -0.15) is 5.10 Å². The lowest BCUT2D eigenvalue weighted by Gasteiger charge is -1.90. The van der Waals surface area contributed by atoms with Crippen LogP contribution in [0, 0.1) is 0 Å². The normalized spacial score (nSPS) is 11.3. The highest BCUT2D eigenvalue weighted by Gasteiger charge is 2.07. The molecule has 0 unspecified atom stereocenters. The fourth-order valence-corrected chi connectivity index (χ4v) is 1.88. The third-order valence-corrected chi connectivity index (χ3v) is 2.62. The van der Waals surface area contributed by atoms with Gasteiger partial charge in [0.15, 0.2) is 0 Å². The summed E-state index contributed by atoms with van der Waals surface area (Å²) in [6.07, 6.45) is 1.62. The zero-order valence-corrected chi connectivity index (χ0v) is 8.30. The molecular formula is C10H6ClN3O. The molecule has 0 saturated heterocycles. The highest BCUT2D eigenvalue weighted by molar-refractivity contribution is 6.31. The van der Waals surface area contributed by atoms with Crippen molar-refractivity contribution in [1.29, 1.82) is 0 Å². The van der Waals surface area contributed by atoms with E-state index in [9.17, 15) is 4.79 Å². The first kappa shape index (κ1) is 8.49. The van der Waals surface area contributed by atoms with Crippen LogP contribution in [0.2, 0.25) is 5.02 Å². The highest BCUT2D eigenvalue weighted by atomic mass is 35.5. The highest BCUT2D eigenvalue weighted by Crippen LogP contribution is 2.25. The Labute approximate surface area is 88.9 Å². The summed E-state index contributed by atoms with van der Waals surface area (Å²) in [5.41, 5.74) is 1.19. The van der Waals surface area contributed by atoms with E-state index in [2.05, 4.69) is 15.2 Å². The molecule has 2 heterocycles. The van der Waals surface area contributed by atoms with E-state index >= 15 is 0 Å². The van der Waals surface area contributed by atoms with Crippen LogP contribution in [0.1, 0.15) is 0 Å². The minimum absolute atomic E-state index is 0.222. The molecule has 0 spiro atoms. The van der Waals surface area contributed by atoms with Gasteiger partial charge in [0, 0.05) is 21.3 Å². The first-order valence-electron chi connectivity index (χ1n) is 4.40. The molecule has 5 heteroatoms.